The van der Waals surface area contributed by atoms with Gasteiger partial charge in [-0.05, 0) is 38.1 Å². The monoisotopic (exact) mass is 264 g/mol. The molecule has 2 atom stereocenters. The number of hydrogen-bond donors (Lipinski definition) is 1. The summed E-state index contributed by atoms with van der Waals surface area (Å²) in [6.45, 7) is 2.02. The van der Waals surface area contributed by atoms with Gasteiger partial charge in [0, 0.05) is 18.2 Å². The van der Waals surface area contributed by atoms with E-state index in [1.54, 1.807) is 7.11 Å². The molecule has 0 saturated carbocycles. The second-order valence-electron chi connectivity index (χ2n) is 5.21. The topological polar surface area (TPSA) is 57.0 Å². The Kier molecular flexibility index (Phi) is 3.24. The minimum Gasteiger partial charge on any atom is -0.492 e. The van der Waals surface area contributed by atoms with Crippen molar-refractivity contribution in [2.75, 3.05) is 34.0 Å². The Morgan fingerprint density at radius 2 is 2.26 bits per heavy atom. The second-order valence-corrected chi connectivity index (χ2v) is 5.21. The number of fused-ring (bicyclic) bond motifs is 1. The van der Waals surface area contributed by atoms with Crippen molar-refractivity contribution in [1.29, 1.82) is 0 Å². The SMILES string of the molecule is COc1c(C2CC(CN)CN2C)ccc2c1OCO2. The molecule has 104 valence electrons. The van der Waals surface area contributed by atoms with Crippen LogP contribution in [0.15, 0.2) is 12.1 Å². The summed E-state index contributed by atoms with van der Waals surface area (Å²) in [5.74, 6) is 2.83. The number of nitrogens with two attached hydrogens (primary N) is 1. The Labute approximate surface area is 113 Å². The van der Waals surface area contributed by atoms with Gasteiger partial charge in [0.05, 0.1) is 7.11 Å². The largest absolute Gasteiger partial charge is 0.492 e. The maximum Gasteiger partial charge on any atom is 0.231 e. The van der Waals surface area contributed by atoms with E-state index in [2.05, 4.69) is 18.0 Å². The third-order valence-corrected chi connectivity index (χ3v) is 4.06. The van der Waals surface area contributed by atoms with Gasteiger partial charge in [0.25, 0.3) is 0 Å². The van der Waals surface area contributed by atoms with Gasteiger partial charge >= 0.3 is 0 Å². The third-order valence-electron chi connectivity index (χ3n) is 4.06. The van der Waals surface area contributed by atoms with Gasteiger partial charge in [-0.3, -0.25) is 4.90 Å². The van der Waals surface area contributed by atoms with Crippen molar-refractivity contribution >= 4 is 0 Å². The number of rotatable bonds is 3. The van der Waals surface area contributed by atoms with Gasteiger partial charge in [0.2, 0.25) is 12.5 Å². The molecule has 0 amide bonds. The Balaban J connectivity index is 1.97. The second kappa shape index (κ2) is 4.90. The smallest absolute Gasteiger partial charge is 0.231 e. The molecule has 1 saturated heterocycles. The number of methoxy groups -OCH3 is 1. The predicted molar refractivity (Wildman–Crippen MR) is 71.6 cm³/mol. The predicted octanol–water partition coefficient (Wildman–Crippen LogP) is 1.38. The van der Waals surface area contributed by atoms with Crippen molar-refractivity contribution < 1.29 is 14.2 Å². The molecule has 1 aromatic carbocycles. The fraction of sp³-hybridized carbons (Fsp3) is 0.571. The molecule has 19 heavy (non-hydrogen) atoms. The normalized spacial score (nSPS) is 25.8. The molecule has 2 aliphatic rings. The number of benzene rings is 1. The fourth-order valence-electron chi connectivity index (χ4n) is 3.07. The quantitative estimate of drug-likeness (QED) is 0.893. The number of hydrogen-bond acceptors (Lipinski definition) is 5. The Hall–Kier alpha value is -1.46. The van der Waals surface area contributed by atoms with Gasteiger partial charge < -0.3 is 19.9 Å². The van der Waals surface area contributed by atoms with E-state index in [1.807, 2.05) is 6.07 Å². The molecule has 1 fully saturated rings. The molecule has 3 rings (SSSR count). The molecule has 5 heteroatoms. The molecule has 0 radical (unpaired) electrons. The molecular formula is C14H20N2O3. The van der Waals surface area contributed by atoms with Gasteiger partial charge in [-0.15, -0.1) is 0 Å². The number of likely N-dealkylation sites (tertiary alicyclic amines) is 1. The van der Waals surface area contributed by atoms with Crippen molar-refractivity contribution in [2.45, 2.75) is 12.5 Å². The summed E-state index contributed by atoms with van der Waals surface area (Å²) in [6.07, 6.45) is 1.06. The maximum absolute atomic E-state index is 5.79. The van der Waals surface area contributed by atoms with Crippen molar-refractivity contribution in [2.24, 2.45) is 11.7 Å². The van der Waals surface area contributed by atoms with Gasteiger partial charge in [0.1, 0.15) is 0 Å². The zero-order valence-corrected chi connectivity index (χ0v) is 11.4. The molecule has 2 heterocycles. The molecular weight excluding hydrogens is 244 g/mol. The van der Waals surface area contributed by atoms with E-state index in [9.17, 15) is 0 Å². The highest BCUT2D eigenvalue weighted by Crippen LogP contribution is 2.48. The van der Waals surface area contributed by atoms with Crippen molar-refractivity contribution in [3.63, 3.8) is 0 Å². The Morgan fingerprint density at radius 1 is 1.42 bits per heavy atom. The van der Waals surface area contributed by atoms with Crippen LogP contribution in [0.4, 0.5) is 0 Å². The Morgan fingerprint density at radius 3 is 2.95 bits per heavy atom. The van der Waals surface area contributed by atoms with Crippen LogP contribution in [-0.4, -0.2) is 38.9 Å². The lowest BCUT2D eigenvalue weighted by atomic mass is 9.98. The molecule has 0 aliphatic carbocycles. The highest BCUT2D eigenvalue weighted by atomic mass is 16.7. The van der Waals surface area contributed by atoms with Crippen molar-refractivity contribution in [3.8, 4) is 17.2 Å². The van der Waals surface area contributed by atoms with E-state index in [4.69, 9.17) is 19.9 Å². The van der Waals surface area contributed by atoms with E-state index < -0.39 is 0 Å². The van der Waals surface area contributed by atoms with Crippen LogP contribution in [0.25, 0.3) is 0 Å². The van der Waals surface area contributed by atoms with E-state index in [-0.39, 0.29) is 6.79 Å². The van der Waals surface area contributed by atoms with Crippen molar-refractivity contribution in [1.82, 2.24) is 4.90 Å². The van der Waals surface area contributed by atoms with E-state index in [0.717, 1.165) is 42.3 Å². The lowest BCUT2D eigenvalue weighted by Crippen LogP contribution is -2.20. The van der Waals surface area contributed by atoms with E-state index in [1.165, 1.54) is 0 Å². The lowest BCUT2D eigenvalue weighted by Gasteiger charge is -2.22. The van der Waals surface area contributed by atoms with Gasteiger partial charge in [-0.1, -0.05) is 0 Å². The first-order chi connectivity index (χ1) is 9.24. The van der Waals surface area contributed by atoms with E-state index in [0.29, 0.717) is 12.0 Å². The summed E-state index contributed by atoms with van der Waals surface area (Å²) in [5, 5.41) is 0. The summed E-state index contributed by atoms with van der Waals surface area (Å²) in [6, 6.07) is 4.37. The first-order valence-electron chi connectivity index (χ1n) is 6.61. The van der Waals surface area contributed by atoms with Gasteiger partial charge in [-0.25, -0.2) is 0 Å². The number of ether oxygens (including phenoxy) is 3. The van der Waals surface area contributed by atoms with Crippen molar-refractivity contribution in [3.05, 3.63) is 17.7 Å². The molecule has 0 spiro atoms. The van der Waals surface area contributed by atoms with Crippen LogP contribution in [0.5, 0.6) is 17.2 Å². The maximum atomic E-state index is 5.79. The highest BCUT2D eigenvalue weighted by molar-refractivity contribution is 5.57. The summed E-state index contributed by atoms with van der Waals surface area (Å²) in [5.41, 5.74) is 6.95. The van der Waals surface area contributed by atoms with Crippen LogP contribution in [0.2, 0.25) is 0 Å². The lowest BCUT2D eigenvalue weighted by molar-refractivity contribution is 0.171. The van der Waals surface area contributed by atoms with Crippen LogP contribution < -0.4 is 19.9 Å². The summed E-state index contributed by atoms with van der Waals surface area (Å²) >= 11 is 0. The molecule has 1 aromatic rings. The average molecular weight is 264 g/mol. The van der Waals surface area contributed by atoms with Crippen LogP contribution in [0, 0.1) is 5.92 Å². The van der Waals surface area contributed by atoms with Gasteiger partial charge in [0.15, 0.2) is 11.5 Å². The molecule has 5 nitrogen and oxygen atoms in total. The average Bonchev–Trinajstić information content (AvgIpc) is 3.03. The first kappa shape index (κ1) is 12.6. The van der Waals surface area contributed by atoms with Gasteiger partial charge in [-0.2, -0.15) is 0 Å². The molecule has 2 unspecified atom stereocenters. The summed E-state index contributed by atoms with van der Waals surface area (Å²) < 4.78 is 16.5. The third kappa shape index (κ3) is 2.03. The van der Waals surface area contributed by atoms with Crippen LogP contribution in [0.1, 0.15) is 18.0 Å². The Bertz CT molecular complexity index is 478. The fourth-order valence-corrected chi connectivity index (χ4v) is 3.07. The minimum atomic E-state index is 0.265. The molecule has 0 aromatic heterocycles. The number of nitrogens with zero attached hydrogens (tertiary/aromatic N) is 1. The first-order valence-corrected chi connectivity index (χ1v) is 6.61. The highest BCUT2D eigenvalue weighted by Gasteiger charge is 2.34. The zero-order valence-electron chi connectivity index (χ0n) is 11.4. The zero-order chi connectivity index (χ0) is 13.4. The van der Waals surface area contributed by atoms with E-state index >= 15 is 0 Å². The molecule has 2 N–H and O–H groups in total. The summed E-state index contributed by atoms with van der Waals surface area (Å²) in [4.78, 5) is 2.33. The molecule has 0 bridgehead atoms. The summed E-state index contributed by atoms with van der Waals surface area (Å²) in [7, 11) is 3.81. The van der Waals surface area contributed by atoms with Crippen LogP contribution >= 0.6 is 0 Å². The van der Waals surface area contributed by atoms with Crippen LogP contribution in [0.3, 0.4) is 0 Å². The van der Waals surface area contributed by atoms with Crippen LogP contribution in [-0.2, 0) is 0 Å². The standard InChI is InChI=1S/C14H20N2O3/c1-16-7-9(6-15)5-11(16)10-3-4-12-14(13(10)17-2)19-8-18-12/h3-4,9,11H,5-8,15H2,1-2H3. The minimum absolute atomic E-state index is 0.265. The molecule has 2 aliphatic heterocycles.